The van der Waals surface area contributed by atoms with Gasteiger partial charge < -0.3 is 15.3 Å². The molecule has 0 heterocycles. The summed E-state index contributed by atoms with van der Waals surface area (Å²) >= 11 is 3.30. The number of aliphatic hydroxyl groups is 1. The van der Waals surface area contributed by atoms with Gasteiger partial charge >= 0.3 is 0 Å². The van der Waals surface area contributed by atoms with E-state index in [0.717, 1.165) is 17.3 Å². The van der Waals surface area contributed by atoms with E-state index in [9.17, 15) is 9.59 Å². The van der Waals surface area contributed by atoms with Crippen molar-refractivity contribution in [1.82, 2.24) is 10.2 Å². The summed E-state index contributed by atoms with van der Waals surface area (Å²) < 4.78 is 0.816. The topological polar surface area (TPSA) is 69.6 Å². The van der Waals surface area contributed by atoms with Crippen LogP contribution in [0.4, 0.5) is 0 Å². The van der Waals surface area contributed by atoms with Gasteiger partial charge in [-0.05, 0) is 31.0 Å². The van der Waals surface area contributed by atoms with Crippen LogP contribution in [0.5, 0.6) is 0 Å². The molecule has 1 aromatic carbocycles. The van der Waals surface area contributed by atoms with Crippen LogP contribution >= 0.6 is 15.9 Å². The highest BCUT2D eigenvalue weighted by Gasteiger charge is 2.31. The lowest BCUT2D eigenvalue weighted by Crippen LogP contribution is -2.42. The first kappa shape index (κ1) is 15.0. The fourth-order valence-corrected chi connectivity index (χ4v) is 2.39. The summed E-state index contributed by atoms with van der Waals surface area (Å²) in [6.07, 6.45) is 1.95. The summed E-state index contributed by atoms with van der Waals surface area (Å²) in [5, 5.41) is 11.6. The first-order valence-corrected chi connectivity index (χ1v) is 7.35. The van der Waals surface area contributed by atoms with Crippen LogP contribution in [0.25, 0.3) is 0 Å². The normalized spacial score (nSPS) is 13.9. The van der Waals surface area contributed by atoms with Crippen molar-refractivity contribution in [3.05, 3.63) is 34.3 Å². The molecule has 5 nitrogen and oxygen atoms in total. The van der Waals surface area contributed by atoms with Gasteiger partial charge in [0.05, 0.1) is 13.2 Å². The highest BCUT2D eigenvalue weighted by molar-refractivity contribution is 9.10. The number of carbonyl (C=O) groups excluding carboxylic acids is 2. The molecule has 0 radical (unpaired) electrons. The van der Waals surface area contributed by atoms with Crippen LogP contribution in [0.3, 0.4) is 0 Å². The van der Waals surface area contributed by atoms with Gasteiger partial charge in [-0.2, -0.15) is 0 Å². The van der Waals surface area contributed by atoms with Crippen molar-refractivity contribution in [2.45, 2.75) is 18.9 Å². The smallest absolute Gasteiger partial charge is 0.251 e. The van der Waals surface area contributed by atoms with E-state index in [1.165, 1.54) is 0 Å². The van der Waals surface area contributed by atoms with Gasteiger partial charge in [-0.15, -0.1) is 0 Å². The lowest BCUT2D eigenvalue weighted by Gasteiger charge is -2.21. The molecule has 1 fully saturated rings. The zero-order chi connectivity index (χ0) is 14.5. The Hall–Kier alpha value is -1.40. The molecule has 0 aliphatic heterocycles. The molecule has 0 atom stereocenters. The minimum atomic E-state index is -0.278. The maximum atomic E-state index is 12.0. The largest absolute Gasteiger partial charge is 0.395 e. The molecule has 0 bridgehead atoms. The van der Waals surface area contributed by atoms with Gasteiger partial charge in [-0.3, -0.25) is 9.59 Å². The molecular weight excluding hydrogens is 324 g/mol. The van der Waals surface area contributed by atoms with Gasteiger partial charge in [-0.1, -0.05) is 22.0 Å². The van der Waals surface area contributed by atoms with Crippen molar-refractivity contribution in [1.29, 1.82) is 0 Å². The molecule has 6 heteroatoms. The van der Waals surface area contributed by atoms with Gasteiger partial charge in [0, 0.05) is 22.6 Å². The number of benzene rings is 1. The summed E-state index contributed by atoms with van der Waals surface area (Å²) in [4.78, 5) is 25.6. The van der Waals surface area contributed by atoms with E-state index >= 15 is 0 Å². The maximum absolute atomic E-state index is 12.0. The number of carbonyl (C=O) groups is 2. The Morgan fingerprint density at radius 2 is 2.15 bits per heavy atom. The minimum absolute atomic E-state index is 0.0398. The molecule has 20 heavy (non-hydrogen) atoms. The highest BCUT2D eigenvalue weighted by atomic mass is 79.9. The highest BCUT2D eigenvalue weighted by Crippen LogP contribution is 2.26. The van der Waals surface area contributed by atoms with E-state index in [1.54, 1.807) is 23.1 Å². The molecule has 108 valence electrons. The molecule has 0 spiro atoms. The summed E-state index contributed by atoms with van der Waals surface area (Å²) in [5.41, 5.74) is 0.507. The standard InChI is InChI=1S/C14H17BrN2O3/c15-11-3-1-2-10(8-11)14(20)16-9-13(19)17(6-7-18)12-4-5-12/h1-3,8,12,18H,4-7,9H2,(H,16,20). The third-order valence-electron chi connectivity index (χ3n) is 3.14. The number of aliphatic hydroxyl groups excluding tert-OH is 1. The van der Waals surface area contributed by atoms with Gasteiger partial charge in [-0.25, -0.2) is 0 Å². The lowest BCUT2D eigenvalue weighted by molar-refractivity contribution is -0.131. The second-order valence-electron chi connectivity index (χ2n) is 4.73. The molecule has 0 saturated heterocycles. The zero-order valence-corrected chi connectivity index (χ0v) is 12.6. The van der Waals surface area contributed by atoms with Crippen LogP contribution in [0.15, 0.2) is 28.7 Å². The first-order valence-electron chi connectivity index (χ1n) is 6.56. The number of nitrogens with zero attached hydrogens (tertiary/aromatic N) is 1. The van der Waals surface area contributed by atoms with Crippen LogP contribution < -0.4 is 5.32 Å². The SMILES string of the molecule is O=C(NCC(=O)N(CCO)C1CC1)c1cccc(Br)c1. The molecule has 1 aliphatic rings. The van der Waals surface area contributed by atoms with E-state index in [4.69, 9.17) is 5.11 Å². The Labute approximate surface area is 126 Å². The number of halogens is 1. The van der Waals surface area contributed by atoms with E-state index < -0.39 is 0 Å². The Kier molecular flexibility index (Phi) is 5.14. The molecule has 1 aromatic rings. The quantitative estimate of drug-likeness (QED) is 0.816. The first-order chi connectivity index (χ1) is 9.61. The minimum Gasteiger partial charge on any atom is -0.395 e. The molecule has 2 amide bonds. The van der Waals surface area contributed by atoms with Crippen LogP contribution in [0, 0.1) is 0 Å². The summed E-state index contributed by atoms with van der Waals surface area (Å²) in [6.45, 7) is 0.236. The Bertz CT molecular complexity index is 503. The van der Waals surface area contributed by atoms with Crippen LogP contribution in [-0.4, -0.2) is 47.6 Å². The summed E-state index contributed by atoms with van der Waals surface area (Å²) in [6, 6.07) is 7.22. The third kappa shape index (κ3) is 4.05. The van der Waals surface area contributed by atoms with E-state index in [0.29, 0.717) is 12.1 Å². The predicted molar refractivity (Wildman–Crippen MR) is 78.3 cm³/mol. The molecule has 1 aliphatic carbocycles. The second-order valence-corrected chi connectivity index (χ2v) is 5.65. The number of hydrogen-bond acceptors (Lipinski definition) is 3. The Morgan fingerprint density at radius 3 is 2.75 bits per heavy atom. The Balaban J connectivity index is 1.87. The van der Waals surface area contributed by atoms with Crippen LogP contribution in [-0.2, 0) is 4.79 Å². The average Bonchev–Trinajstić information content (AvgIpc) is 3.26. The fraction of sp³-hybridized carbons (Fsp3) is 0.429. The van der Waals surface area contributed by atoms with Gasteiger partial charge in [0.2, 0.25) is 5.91 Å². The van der Waals surface area contributed by atoms with Crippen LogP contribution in [0.2, 0.25) is 0 Å². The number of amides is 2. The summed E-state index contributed by atoms with van der Waals surface area (Å²) in [7, 11) is 0. The van der Waals surface area contributed by atoms with Crippen molar-refractivity contribution < 1.29 is 14.7 Å². The molecule has 0 aromatic heterocycles. The summed E-state index contributed by atoms with van der Waals surface area (Å²) in [5.74, 6) is -0.427. The lowest BCUT2D eigenvalue weighted by atomic mass is 10.2. The van der Waals surface area contributed by atoms with Crippen LogP contribution in [0.1, 0.15) is 23.2 Å². The molecule has 1 saturated carbocycles. The maximum Gasteiger partial charge on any atom is 0.251 e. The molecule has 0 unspecified atom stereocenters. The van der Waals surface area contributed by atoms with Crippen molar-refractivity contribution in [2.75, 3.05) is 19.7 Å². The molecule has 2 rings (SSSR count). The Morgan fingerprint density at radius 1 is 1.40 bits per heavy atom. The average molecular weight is 341 g/mol. The monoisotopic (exact) mass is 340 g/mol. The number of hydrogen-bond donors (Lipinski definition) is 2. The third-order valence-corrected chi connectivity index (χ3v) is 3.63. The number of nitrogens with one attached hydrogen (secondary N) is 1. The van der Waals surface area contributed by atoms with Gasteiger partial charge in [0.25, 0.3) is 5.91 Å². The number of rotatable bonds is 6. The van der Waals surface area contributed by atoms with E-state index in [2.05, 4.69) is 21.2 Å². The van der Waals surface area contributed by atoms with Crippen molar-refractivity contribution in [3.8, 4) is 0 Å². The fourth-order valence-electron chi connectivity index (χ4n) is 1.99. The second kappa shape index (κ2) is 6.85. The van der Waals surface area contributed by atoms with Gasteiger partial charge in [0.15, 0.2) is 0 Å². The van der Waals surface area contributed by atoms with Gasteiger partial charge in [0.1, 0.15) is 0 Å². The van der Waals surface area contributed by atoms with E-state index in [-0.39, 0.29) is 31.0 Å². The zero-order valence-electron chi connectivity index (χ0n) is 11.0. The van der Waals surface area contributed by atoms with E-state index in [1.807, 2.05) is 6.07 Å². The van der Waals surface area contributed by atoms with Crippen molar-refractivity contribution in [3.63, 3.8) is 0 Å². The predicted octanol–water partition coefficient (Wildman–Crippen LogP) is 1.16. The van der Waals surface area contributed by atoms with Crippen molar-refractivity contribution >= 4 is 27.7 Å². The van der Waals surface area contributed by atoms with Crippen molar-refractivity contribution in [2.24, 2.45) is 0 Å². The molecule has 2 N–H and O–H groups in total. The molecular formula is C14H17BrN2O3.